The Morgan fingerprint density at radius 3 is 2.73 bits per heavy atom. The van der Waals surface area contributed by atoms with Gasteiger partial charge >= 0.3 is 0 Å². The van der Waals surface area contributed by atoms with Crippen molar-refractivity contribution in [1.29, 1.82) is 0 Å². The predicted octanol–water partition coefficient (Wildman–Crippen LogP) is 2.39. The Bertz CT molecular complexity index is 653. The zero-order chi connectivity index (χ0) is 18.6. The molecule has 2 N–H and O–H groups in total. The molecule has 0 bridgehead atoms. The second kappa shape index (κ2) is 11.3. The lowest BCUT2D eigenvalue weighted by Gasteiger charge is -2.12. The van der Waals surface area contributed by atoms with Gasteiger partial charge in [0, 0.05) is 25.4 Å². The zero-order valence-corrected chi connectivity index (χ0v) is 16.0. The van der Waals surface area contributed by atoms with E-state index < -0.39 is 0 Å². The highest BCUT2D eigenvalue weighted by atomic mass is 16.5. The Kier molecular flexibility index (Phi) is 8.62. The van der Waals surface area contributed by atoms with Gasteiger partial charge in [-0.25, -0.2) is 4.99 Å². The molecule has 7 heteroatoms. The van der Waals surface area contributed by atoms with Gasteiger partial charge in [-0.1, -0.05) is 32.0 Å². The van der Waals surface area contributed by atoms with Crippen molar-refractivity contribution in [2.75, 3.05) is 26.3 Å². The average Bonchev–Trinajstić information content (AvgIpc) is 3.11. The van der Waals surface area contributed by atoms with Gasteiger partial charge in [-0.05, 0) is 31.4 Å². The zero-order valence-electron chi connectivity index (χ0n) is 16.0. The Morgan fingerprint density at radius 1 is 1.19 bits per heavy atom. The largest absolute Gasteiger partial charge is 0.380 e. The Labute approximate surface area is 155 Å². The summed E-state index contributed by atoms with van der Waals surface area (Å²) in [5.41, 5.74) is 1.03. The van der Waals surface area contributed by atoms with E-state index >= 15 is 0 Å². The van der Waals surface area contributed by atoms with Gasteiger partial charge in [0.2, 0.25) is 0 Å². The summed E-state index contributed by atoms with van der Waals surface area (Å²) >= 11 is 0. The summed E-state index contributed by atoms with van der Waals surface area (Å²) in [4.78, 5) is 4.60. The monoisotopic (exact) mass is 358 g/mol. The maximum Gasteiger partial charge on any atom is 0.191 e. The van der Waals surface area contributed by atoms with Crippen LogP contribution in [0.4, 0.5) is 0 Å². The molecule has 0 atom stereocenters. The fourth-order valence-electron chi connectivity index (χ4n) is 2.33. The second-order valence-electron chi connectivity index (χ2n) is 6.37. The molecule has 0 aliphatic heterocycles. The number of aromatic nitrogens is 3. The van der Waals surface area contributed by atoms with Gasteiger partial charge in [-0.3, -0.25) is 4.57 Å². The molecule has 0 amide bonds. The van der Waals surface area contributed by atoms with Crippen LogP contribution in [0.25, 0.3) is 5.69 Å². The lowest BCUT2D eigenvalue weighted by atomic mass is 10.1. The highest BCUT2D eigenvalue weighted by Crippen LogP contribution is 2.09. The van der Waals surface area contributed by atoms with Gasteiger partial charge in [-0.2, -0.15) is 0 Å². The third kappa shape index (κ3) is 6.84. The molecule has 7 nitrogen and oxygen atoms in total. The molecular weight excluding hydrogens is 328 g/mol. The van der Waals surface area contributed by atoms with Crippen LogP contribution in [-0.2, 0) is 11.3 Å². The summed E-state index contributed by atoms with van der Waals surface area (Å²) in [7, 11) is 0. The van der Waals surface area contributed by atoms with Crippen LogP contribution in [0.2, 0.25) is 0 Å². The standard InChI is InChI=1S/C19H30N6O/c1-4-20-19(21-11-13-26-12-10-16(2)3)22-14-18-24-23-15-25(18)17-8-6-5-7-9-17/h5-9,15-16H,4,10-14H2,1-3H3,(H2,20,21,22). The number of aliphatic imine (C=N–C) groups is 1. The molecule has 2 rings (SSSR count). The summed E-state index contributed by atoms with van der Waals surface area (Å²) < 4.78 is 7.58. The van der Waals surface area contributed by atoms with Crippen LogP contribution in [0, 0.1) is 5.92 Å². The fraction of sp³-hybridized carbons (Fsp3) is 0.526. The molecule has 1 aromatic heterocycles. The number of para-hydroxylation sites is 1. The molecule has 26 heavy (non-hydrogen) atoms. The van der Waals surface area contributed by atoms with Gasteiger partial charge < -0.3 is 15.4 Å². The Hall–Kier alpha value is -2.41. The summed E-state index contributed by atoms with van der Waals surface area (Å²) in [6, 6.07) is 10.0. The SMILES string of the molecule is CCNC(=NCc1nncn1-c1ccccc1)NCCOCCC(C)C. The molecule has 0 saturated carbocycles. The first-order valence-corrected chi connectivity index (χ1v) is 9.25. The van der Waals surface area contributed by atoms with Crippen molar-refractivity contribution in [2.45, 2.75) is 33.7 Å². The first-order chi connectivity index (χ1) is 12.7. The molecule has 0 aliphatic carbocycles. The molecule has 0 unspecified atom stereocenters. The molecule has 1 heterocycles. The molecule has 0 radical (unpaired) electrons. The van der Waals surface area contributed by atoms with Crippen LogP contribution >= 0.6 is 0 Å². The minimum atomic E-state index is 0.443. The maximum absolute atomic E-state index is 5.63. The summed E-state index contributed by atoms with van der Waals surface area (Å²) in [5.74, 6) is 2.22. The molecule has 1 aromatic carbocycles. The highest BCUT2D eigenvalue weighted by molar-refractivity contribution is 5.79. The predicted molar refractivity (Wildman–Crippen MR) is 104 cm³/mol. The molecule has 0 spiro atoms. The van der Waals surface area contributed by atoms with Crippen LogP contribution in [0.1, 0.15) is 33.0 Å². The number of hydrogen-bond donors (Lipinski definition) is 2. The van der Waals surface area contributed by atoms with Crippen LogP contribution < -0.4 is 10.6 Å². The van der Waals surface area contributed by atoms with Crippen molar-refractivity contribution >= 4 is 5.96 Å². The van der Waals surface area contributed by atoms with Gasteiger partial charge in [0.25, 0.3) is 0 Å². The number of nitrogens with one attached hydrogen (secondary N) is 2. The number of benzene rings is 1. The minimum Gasteiger partial charge on any atom is -0.380 e. The molecule has 0 fully saturated rings. The van der Waals surface area contributed by atoms with Gasteiger partial charge in [0.1, 0.15) is 12.9 Å². The van der Waals surface area contributed by atoms with E-state index in [1.807, 2.05) is 41.8 Å². The molecule has 2 aromatic rings. The highest BCUT2D eigenvalue weighted by Gasteiger charge is 2.06. The van der Waals surface area contributed by atoms with E-state index in [4.69, 9.17) is 4.74 Å². The van der Waals surface area contributed by atoms with E-state index in [1.54, 1.807) is 6.33 Å². The molecule has 142 valence electrons. The Balaban J connectivity index is 1.86. The van der Waals surface area contributed by atoms with Crippen molar-refractivity contribution in [1.82, 2.24) is 25.4 Å². The summed E-state index contributed by atoms with van der Waals surface area (Å²) in [6.07, 6.45) is 2.80. The normalized spacial score (nSPS) is 11.8. The number of ether oxygens (including phenoxy) is 1. The lowest BCUT2D eigenvalue weighted by Crippen LogP contribution is -2.39. The number of hydrogen-bond acceptors (Lipinski definition) is 4. The van der Waals surface area contributed by atoms with Crippen LogP contribution in [0.3, 0.4) is 0 Å². The fourth-order valence-corrected chi connectivity index (χ4v) is 2.33. The van der Waals surface area contributed by atoms with E-state index in [2.05, 4.69) is 39.7 Å². The van der Waals surface area contributed by atoms with Crippen molar-refractivity contribution < 1.29 is 4.74 Å². The number of nitrogens with zero attached hydrogens (tertiary/aromatic N) is 4. The van der Waals surface area contributed by atoms with Crippen molar-refractivity contribution in [3.63, 3.8) is 0 Å². The van der Waals surface area contributed by atoms with Crippen molar-refractivity contribution in [2.24, 2.45) is 10.9 Å². The van der Waals surface area contributed by atoms with Gasteiger partial charge in [0.05, 0.1) is 6.61 Å². The number of rotatable bonds is 10. The third-order valence-corrected chi connectivity index (χ3v) is 3.75. The van der Waals surface area contributed by atoms with E-state index in [9.17, 15) is 0 Å². The maximum atomic E-state index is 5.63. The van der Waals surface area contributed by atoms with Gasteiger partial charge in [0.15, 0.2) is 11.8 Å². The minimum absolute atomic E-state index is 0.443. The van der Waals surface area contributed by atoms with E-state index in [1.165, 1.54) is 0 Å². The average molecular weight is 358 g/mol. The molecule has 0 aliphatic rings. The first kappa shape index (κ1) is 19.9. The van der Waals surface area contributed by atoms with Gasteiger partial charge in [-0.15, -0.1) is 10.2 Å². The van der Waals surface area contributed by atoms with Crippen molar-refractivity contribution in [3.05, 3.63) is 42.5 Å². The van der Waals surface area contributed by atoms with E-state index in [-0.39, 0.29) is 0 Å². The topological polar surface area (TPSA) is 76.4 Å². The van der Waals surface area contributed by atoms with E-state index in [0.29, 0.717) is 19.1 Å². The first-order valence-electron chi connectivity index (χ1n) is 9.25. The summed E-state index contributed by atoms with van der Waals surface area (Å²) in [6.45, 7) is 9.87. The van der Waals surface area contributed by atoms with Crippen LogP contribution in [0.15, 0.2) is 41.7 Å². The van der Waals surface area contributed by atoms with E-state index in [0.717, 1.165) is 43.6 Å². The molecular formula is C19H30N6O. The second-order valence-corrected chi connectivity index (χ2v) is 6.37. The molecule has 0 saturated heterocycles. The van der Waals surface area contributed by atoms with Crippen molar-refractivity contribution in [3.8, 4) is 5.69 Å². The summed E-state index contributed by atoms with van der Waals surface area (Å²) in [5, 5.41) is 14.7. The third-order valence-electron chi connectivity index (χ3n) is 3.75. The lowest BCUT2D eigenvalue weighted by molar-refractivity contribution is 0.128. The van der Waals surface area contributed by atoms with Crippen LogP contribution in [0.5, 0.6) is 0 Å². The quantitative estimate of drug-likeness (QED) is 0.387. The Morgan fingerprint density at radius 2 is 2.00 bits per heavy atom. The smallest absolute Gasteiger partial charge is 0.191 e. The van der Waals surface area contributed by atoms with Crippen LogP contribution in [-0.4, -0.2) is 47.0 Å². The number of guanidine groups is 1.